The molecule has 0 bridgehead atoms. The first-order chi connectivity index (χ1) is 16.4. The maximum Gasteiger partial charge on any atom is 0.255 e. The Morgan fingerprint density at radius 1 is 1.06 bits per heavy atom. The lowest BCUT2D eigenvalue weighted by atomic mass is 10.1. The van der Waals surface area contributed by atoms with Gasteiger partial charge >= 0.3 is 0 Å². The number of rotatable bonds is 7. The molecular weight excluding hydrogens is 477 g/mol. The summed E-state index contributed by atoms with van der Waals surface area (Å²) in [4.78, 5) is 25.0. The Balaban J connectivity index is 1.39. The minimum absolute atomic E-state index is 0.0245. The number of carbonyl (C=O) groups is 2. The van der Waals surface area contributed by atoms with Crippen LogP contribution >= 0.6 is 23.8 Å². The third kappa shape index (κ3) is 5.75. The molecule has 10 heteroatoms. The molecule has 7 nitrogen and oxygen atoms in total. The molecule has 0 saturated heterocycles. The second-order valence-electron chi connectivity index (χ2n) is 7.39. The number of nitrogens with zero attached hydrogens (tertiary/aromatic N) is 2. The van der Waals surface area contributed by atoms with E-state index < -0.39 is 11.7 Å². The average molecular weight is 496 g/mol. The predicted molar refractivity (Wildman–Crippen MR) is 130 cm³/mol. The van der Waals surface area contributed by atoms with Crippen molar-refractivity contribution in [1.82, 2.24) is 20.1 Å². The number of aromatic nitrogens is 3. The van der Waals surface area contributed by atoms with Gasteiger partial charge in [0.15, 0.2) is 10.6 Å². The predicted octanol–water partition coefficient (Wildman–Crippen LogP) is 4.97. The van der Waals surface area contributed by atoms with Gasteiger partial charge in [0.05, 0.1) is 0 Å². The lowest BCUT2D eigenvalue weighted by Crippen LogP contribution is -2.27. The molecule has 1 aromatic heterocycles. The number of nitrogens with one attached hydrogen (secondary N) is 3. The van der Waals surface area contributed by atoms with E-state index in [4.69, 9.17) is 23.8 Å². The summed E-state index contributed by atoms with van der Waals surface area (Å²) < 4.78 is 15.3. The standard InChI is InChI=1S/C24H19ClFN5O2S/c25-18-9-7-16(8-10-18)22-29-30-24(34)31(22)14-21(32)27-13-15-3-1-6-20(11-15)28-23(33)17-4-2-5-19(26)12-17/h1-12H,13-14H2,(H,27,32)(H,28,33)(H,30,34). The van der Waals surface area contributed by atoms with Crippen LogP contribution < -0.4 is 10.6 Å². The molecule has 34 heavy (non-hydrogen) atoms. The fourth-order valence-corrected chi connectivity index (χ4v) is 3.60. The number of amides is 2. The quantitative estimate of drug-likeness (QED) is 0.316. The van der Waals surface area contributed by atoms with Crippen molar-refractivity contribution < 1.29 is 14.0 Å². The van der Waals surface area contributed by atoms with Crippen LogP contribution in [0.3, 0.4) is 0 Å². The van der Waals surface area contributed by atoms with Crippen LogP contribution in [-0.4, -0.2) is 26.6 Å². The summed E-state index contributed by atoms with van der Waals surface area (Å²) in [6, 6.07) is 19.5. The SMILES string of the molecule is O=C(Cn1c(-c2ccc(Cl)cc2)n[nH]c1=S)NCc1cccc(NC(=O)c2cccc(F)c2)c1. The van der Waals surface area contributed by atoms with E-state index >= 15 is 0 Å². The molecule has 3 N–H and O–H groups in total. The van der Waals surface area contributed by atoms with Gasteiger partial charge in [-0.05, 0) is 72.4 Å². The summed E-state index contributed by atoms with van der Waals surface area (Å²) in [6.07, 6.45) is 0. The summed E-state index contributed by atoms with van der Waals surface area (Å²) >= 11 is 11.2. The third-order valence-electron chi connectivity index (χ3n) is 4.92. The van der Waals surface area contributed by atoms with Gasteiger partial charge < -0.3 is 10.6 Å². The van der Waals surface area contributed by atoms with Crippen LogP contribution in [0.25, 0.3) is 11.4 Å². The molecule has 2 amide bonds. The van der Waals surface area contributed by atoms with E-state index in [2.05, 4.69) is 20.8 Å². The number of benzene rings is 3. The molecule has 0 atom stereocenters. The van der Waals surface area contributed by atoms with Crippen LogP contribution in [0.2, 0.25) is 5.02 Å². The Kier molecular flexibility index (Phi) is 7.15. The molecule has 3 aromatic carbocycles. The normalized spacial score (nSPS) is 10.6. The number of hydrogen-bond donors (Lipinski definition) is 3. The minimum Gasteiger partial charge on any atom is -0.350 e. The molecule has 0 spiro atoms. The van der Waals surface area contributed by atoms with Crippen molar-refractivity contribution in [2.75, 3.05) is 5.32 Å². The molecule has 0 radical (unpaired) electrons. The van der Waals surface area contributed by atoms with Crippen molar-refractivity contribution in [1.29, 1.82) is 0 Å². The number of carbonyl (C=O) groups excluding carboxylic acids is 2. The number of anilines is 1. The van der Waals surface area contributed by atoms with E-state index in [0.29, 0.717) is 21.3 Å². The van der Waals surface area contributed by atoms with Crippen molar-refractivity contribution in [2.45, 2.75) is 13.1 Å². The number of aromatic amines is 1. The summed E-state index contributed by atoms with van der Waals surface area (Å²) in [6.45, 7) is 0.216. The highest BCUT2D eigenvalue weighted by atomic mass is 35.5. The van der Waals surface area contributed by atoms with E-state index in [9.17, 15) is 14.0 Å². The van der Waals surface area contributed by atoms with Gasteiger partial charge in [-0.1, -0.05) is 29.8 Å². The highest BCUT2D eigenvalue weighted by Gasteiger charge is 2.13. The van der Waals surface area contributed by atoms with Gasteiger partial charge in [-0.25, -0.2) is 4.39 Å². The molecule has 1 heterocycles. The molecule has 0 unspecified atom stereocenters. The van der Waals surface area contributed by atoms with Crippen LogP contribution in [0.4, 0.5) is 10.1 Å². The molecule has 0 aliphatic heterocycles. The van der Waals surface area contributed by atoms with E-state index in [1.165, 1.54) is 24.3 Å². The second-order valence-corrected chi connectivity index (χ2v) is 8.21. The Morgan fingerprint density at radius 3 is 2.59 bits per heavy atom. The first-order valence-corrected chi connectivity index (χ1v) is 11.0. The first kappa shape index (κ1) is 23.3. The topological polar surface area (TPSA) is 91.8 Å². The highest BCUT2D eigenvalue weighted by molar-refractivity contribution is 7.71. The van der Waals surface area contributed by atoms with Crippen LogP contribution in [0.5, 0.6) is 0 Å². The maximum absolute atomic E-state index is 13.4. The third-order valence-corrected chi connectivity index (χ3v) is 5.49. The number of hydrogen-bond acceptors (Lipinski definition) is 4. The molecule has 172 valence electrons. The molecule has 0 aliphatic carbocycles. The number of halogens is 2. The van der Waals surface area contributed by atoms with Gasteiger partial charge in [-0.2, -0.15) is 5.10 Å². The van der Waals surface area contributed by atoms with Crippen LogP contribution in [0, 0.1) is 10.6 Å². The molecule has 0 aliphatic rings. The molecule has 4 aromatic rings. The molecule has 4 rings (SSSR count). The van der Waals surface area contributed by atoms with Gasteiger partial charge in [0, 0.05) is 28.4 Å². The zero-order valence-electron chi connectivity index (χ0n) is 17.7. The summed E-state index contributed by atoms with van der Waals surface area (Å²) in [5.74, 6) is -0.647. The Labute approximate surface area is 204 Å². The Bertz CT molecular complexity index is 1400. The van der Waals surface area contributed by atoms with Gasteiger partial charge in [0.1, 0.15) is 12.4 Å². The van der Waals surface area contributed by atoms with Gasteiger partial charge in [0.25, 0.3) is 5.91 Å². The van der Waals surface area contributed by atoms with E-state index in [1.807, 2.05) is 6.07 Å². The lowest BCUT2D eigenvalue weighted by Gasteiger charge is -2.10. The van der Waals surface area contributed by atoms with Gasteiger partial charge in [0.2, 0.25) is 5.91 Å². The second kappa shape index (κ2) is 10.4. The van der Waals surface area contributed by atoms with E-state index in [0.717, 1.165) is 11.1 Å². The minimum atomic E-state index is -0.485. The van der Waals surface area contributed by atoms with E-state index in [-0.39, 0.29) is 24.6 Å². The van der Waals surface area contributed by atoms with Crippen LogP contribution in [-0.2, 0) is 17.9 Å². The van der Waals surface area contributed by atoms with Crippen LogP contribution in [0.15, 0.2) is 72.8 Å². The molecule has 0 saturated carbocycles. The highest BCUT2D eigenvalue weighted by Crippen LogP contribution is 2.20. The van der Waals surface area contributed by atoms with Gasteiger partial charge in [-0.3, -0.25) is 19.3 Å². The smallest absolute Gasteiger partial charge is 0.255 e. The molecule has 0 fully saturated rings. The monoisotopic (exact) mass is 495 g/mol. The fourth-order valence-electron chi connectivity index (χ4n) is 3.28. The number of H-pyrrole nitrogens is 1. The van der Waals surface area contributed by atoms with Crippen molar-refractivity contribution in [3.63, 3.8) is 0 Å². The summed E-state index contributed by atoms with van der Waals surface area (Å²) in [5, 5.41) is 13.1. The lowest BCUT2D eigenvalue weighted by molar-refractivity contribution is -0.121. The average Bonchev–Trinajstić information content (AvgIpc) is 3.18. The fraction of sp³-hybridized carbons (Fsp3) is 0.0833. The first-order valence-electron chi connectivity index (χ1n) is 10.2. The van der Waals surface area contributed by atoms with Crippen molar-refractivity contribution in [3.05, 3.63) is 99.5 Å². The largest absolute Gasteiger partial charge is 0.350 e. The van der Waals surface area contributed by atoms with Crippen molar-refractivity contribution in [3.8, 4) is 11.4 Å². The maximum atomic E-state index is 13.4. The molecular formula is C24H19ClFN5O2S. The zero-order chi connectivity index (χ0) is 24.1. The van der Waals surface area contributed by atoms with Crippen LogP contribution in [0.1, 0.15) is 15.9 Å². The van der Waals surface area contributed by atoms with Crippen molar-refractivity contribution >= 4 is 41.3 Å². The Hall–Kier alpha value is -3.82. The Morgan fingerprint density at radius 2 is 1.82 bits per heavy atom. The van der Waals surface area contributed by atoms with Gasteiger partial charge in [-0.15, -0.1) is 0 Å². The summed E-state index contributed by atoms with van der Waals surface area (Å²) in [7, 11) is 0. The van der Waals surface area contributed by atoms with E-state index in [1.54, 1.807) is 47.0 Å². The summed E-state index contributed by atoms with van der Waals surface area (Å²) in [5.41, 5.74) is 2.29. The zero-order valence-corrected chi connectivity index (χ0v) is 19.3. The van der Waals surface area contributed by atoms with Crippen molar-refractivity contribution in [2.24, 2.45) is 0 Å².